The second-order valence-electron chi connectivity index (χ2n) is 4.22. The number of carbonyl (C=O) groups excluding carboxylic acids is 1. The van der Waals surface area contributed by atoms with Gasteiger partial charge in [-0.2, -0.15) is 0 Å². The zero-order valence-corrected chi connectivity index (χ0v) is 11.5. The van der Waals surface area contributed by atoms with Crippen molar-refractivity contribution in [2.75, 3.05) is 0 Å². The molecular weight excluding hydrogens is 224 g/mol. The minimum absolute atomic E-state index is 0.186. The van der Waals surface area contributed by atoms with Crippen LogP contribution in [0.15, 0.2) is 47.3 Å². The van der Waals surface area contributed by atoms with Gasteiger partial charge in [0.2, 0.25) is 0 Å². The summed E-state index contributed by atoms with van der Waals surface area (Å²) in [6.45, 7) is 5.94. The largest absolute Gasteiger partial charge is 0.405 e. The SMILES string of the molecule is CC/C=C(C=O)\C=C/C(C)/C(C/C=C\N)=C(/C)N. The van der Waals surface area contributed by atoms with Gasteiger partial charge < -0.3 is 11.5 Å². The lowest BCUT2D eigenvalue weighted by molar-refractivity contribution is -0.104. The number of nitrogens with two attached hydrogens (primary N) is 2. The van der Waals surface area contributed by atoms with Crippen LogP contribution in [0.5, 0.6) is 0 Å². The molecule has 0 saturated carbocycles. The first-order valence-corrected chi connectivity index (χ1v) is 6.22. The van der Waals surface area contributed by atoms with Gasteiger partial charge in [-0.25, -0.2) is 0 Å². The van der Waals surface area contributed by atoms with E-state index in [4.69, 9.17) is 11.5 Å². The monoisotopic (exact) mass is 248 g/mol. The molecule has 3 nitrogen and oxygen atoms in total. The van der Waals surface area contributed by atoms with Crippen LogP contribution in [0, 0.1) is 5.92 Å². The fraction of sp³-hybridized carbons (Fsp3) is 0.400. The predicted octanol–water partition coefficient (Wildman–Crippen LogP) is 2.81. The Balaban J connectivity index is 4.86. The summed E-state index contributed by atoms with van der Waals surface area (Å²) in [4.78, 5) is 10.8. The van der Waals surface area contributed by atoms with E-state index in [0.29, 0.717) is 5.57 Å². The zero-order chi connectivity index (χ0) is 14.0. The Kier molecular flexibility index (Phi) is 8.37. The summed E-state index contributed by atoms with van der Waals surface area (Å²) in [7, 11) is 0. The normalized spacial score (nSPS) is 16.1. The number of rotatable bonds is 7. The Morgan fingerprint density at radius 3 is 2.50 bits per heavy atom. The van der Waals surface area contributed by atoms with Crippen LogP contribution in [0.2, 0.25) is 0 Å². The number of carbonyl (C=O) groups is 1. The number of aldehydes is 1. The highest BCUT2D eigenvalue weighted by molar-refractivity contribution is 5.77. The van der Waals surface area contributed by atoms with E-state index in [1.54, 1.807) is 0 Å². The Hall–Kier alpha value is -1.77. The van der Waals surface area contributed by atoms with E-state index >= 15 is 0 Å². The molecule has 1 atom stereocenters. The molecule has 4 N–H and O–H groups in total. The van der Waals surface area contributed by atoms with Crippen LogP contribution in [0.4, 0.5) is 0 Å². The van der Waals surface area contributed by atoms with E-state index < -0.39 is 0 Å². The quantitative estimate of drug-likeness (QED) is 0.413. The van der Waals surface area contributed by atoms with Crippen molar-refractivity contribution in [1.82, 2.24) is 0 Å². The van der Waals surface area contributed by atoms with E-state index in [-0.39, 0.29) is 5.92 Å². The summed E-state index contributed by atoms with van der Waals surface area (Å²) in [6.07, 6.45) is 11.6. The summed E-state index contributed by atoms with van der Waals surface area (Å²) < 4.78 is 0. The Bertz CT molecular complexity index is 372. The van der Waals surface area contributed by atoms with E-state index in [1.807, 2.05) is 38.2 Å². The van der Waals surface area contributed by atoms with E-state index in [2.05, 4.69) is 6.92 Å². The summed E-state index contributed by atoms with van der Waals surface area (Å²) in [5.74, 6) is 0.186. The van der Waals surface area contributed by atoms with Crippen molar-refractivity contribution in [1.29, 1.82) is 0 Å². The molecule has 18 heavy (non-hydrogen) atoms. The average Bonchev–Trinajstić information content (AvgIpc) is 2.34. The van der Waals surface area contributed by atoms with Crippen LogP contribution in [-0.2, 0) is 4.79 Å². The maximum Gasteiger partial charge on any atom is 0.149 e. The Morgan fingerprint density at radius 2 is 2.06 bits per heavy atom. The first kappa shape index (κ1) is 16.2. The van der Waals surface area contributed by atoms with Gasteiger partial charge in [0, 0.05) is 11.3 Å². The molecule has 0 aliphatic heterocycles. The van der Waals surface area contributed by atoms with Gasteiger partial charge in [0.05, 0.1) is 0 Å². The maximum absolute atomic E-state index is 10.8. The van der Waals surface area contributed by atoms with Crippen LogP contribution in [0.1, 0.15) is 33.6 Å². The molecule has 0 saturated heterocycles. The predicted molar refractivity (Wildman–Crippen MR) is 77.6 cm³/mol. The molecule has 0 aromatic rings. The van der Waals surface area contributed by atoms with Crippen molar-refractivity contribution in [3.8, 4) is 0 Å². The molecule has 0 aromatic carbocycles. The standard InChI is InChI=1S/C15H24N2O/c1-4-6-14(11-18)9-8-12(2)15(13(3)17)7-5-10-16/h5-6,8-12H,4,7,16-17H2,1-3H3/b9-8-,10-5-,14-6+,15-13-. The highest BCUT2D eigenvalue weighted by Crippen LogP contribution is 2.19. The minimum Gasteiger partial charge on any atom is -0.405 e. The Morgan fingerprint density at radius 1 is 1.39 bits per heavy atom. The van der Waals surface area contributed by atoms with Crippen LogP contribution in [0.3, 0.4) is 0 Å². The molecule has 0 aliphatic rings. The van der Waals surface area contributed by atoms with Crippen molar-refractivity contribution in [2.45, 2.75) is 33.6 Å². The van der Waals surface area contributed by atoms with Crippen LogP contribution in [0.25, 0.3) is 0 Å². The van der Waals surface area contributed by atoms with Crippen molar-refractivity contribution in [3.63, 3.8) is 0 Å². The first-order valence-electron chi connectivity index (χ1n) is 6.22. The molecule has 0 spiro atoms. The van der Waals surface area contributed by atoms with Gasteiger partial charge >= 0.3 is 0 Å². The second kappa shape index (κ2) is 9.28. The molecule has 0 bridgehead atoms. The fourth-order valence-electron chi connectivity index (χ4n) is 1.66. The third-order valence-corrected chi connectivity index (χ3v) is 2.68. The zero-order valence-electron chi connectivity index (χ0n) is 11.5. The van der Waals surface area contributed by atoms with Gasteiger partial charge in [0.25, 0.3) is 0 Å². The van der Waals surface area contributed by atoms with Crippen molar-refractivity contribution in [3.05, 3.63) is 47.3 Å². The number of hydrogen-bond acceptors (Lipinski definition) is 3. The molecule has 1 unspecified atom stereocenters. The molecule has 0 amide bonds. The third-order valence-electron chi connectivity index (χ3n) is 2.68. The molecule has 0 aromatic heterocycles. The van der Waals surface area contributed by atoms with Gasteiger partial charge in [-0.3, -0.25) is 4.79 Å². The summed E-state index contributed by atoms with van der Waals surface area (Å²) in [5, 5.41) is 0. The molecule has 0 fully saturated rings. The first-order chi connectivity index (χ1) is 8.56. The second-order valence-corrected chi connectivity index (χ2v) is 4.22. The van der Waals surface area contributed by atoms with E-state index in [0.717, 1.165) is 30.4 Å². The van der Waals surface area contributed by atoms with Crippen LogP contribution < -0.4 is 11.5 Å². The van der Waals surface area contributed by atoms with Crippen molar-refractivity contribution in [2.24, 2.45) is 17.4 Å². The van der Waals surface area contributed by atoms with E-state index in [1.165, 1.54) is 6.20 Å². The molecule has 0 rings (SSSR count). The third kappa shape index (κ3) is 6.09. The average molecular weight is 248 g/mol. The summed E-state index contributed by atoms with van der Waals surface area (Å²) in [6, 6.07) is 0. The van der Waals surface area contributed by atoms with Crippen molar-refractivity contribution >= 4 is 6.29 Å². The molecule has 0 radical (unpaired) electrons. The van der Waals surface area contributed by atoms with Crippen molar-refractivity contribution < 1.29 is 4.79 Å². The number of hydrogen-bond donors (Lipinski definition) is 2. The highest BCUT2D eigenvalue weighted by atomic mass is 16.1. The molecule has 0 aliphatic carbocycles. The lowest BCUT2D eigenvalue weighted by Crippen LogP contribution is -2.05. The van der Waals surface area contributed by atoms with Gasteiger partial charge in [0.15, 0.2) is 0 Å². The van der Waals surface area contributed by atoms with Gasteiger partial charge in [-0.1, -0.05) is 38.2 Å². The van der Waals surface area contributed by atoms with Crippen LogP contribution >= 0.6 is 0 Å². The minimum atomic E-state index is 0.186. The van der Waals surface area contributed by atoms with Gasteiger partial charge in [-0.15, -0.1) is 0 Å². The van der Waals surface area contributed by atoms with Gasteiger partial charge in [0.1, 0.15) is 6.29 Å². The molecule has 0 heterocycles. The lowest BCUT2D eigenvalue weighted by atomic mass is 9.95. The Labute approximate surface area is 110 Å². The summed E-state index contributed by atoms with van der Waals surface area (Å²) in [5.41, 5.74) is 13.8. The van der Waals surface area contributed by atoms with Gasteiger partial charge in [-0.05, 0) is 37.5 Å². The number of allylic oxidation sites excluding steroid dienone is 7. The van der Waals surface area contributed by atoms with E-state index in [9.17, 15) is 4.79 Å². The maximum atomic E-state index is 10.8. The topological polar surface area (TPSA) is 69.1 Å². The molecule has 3 heteroatoms. The summed E-state index contributed by atoms with van der Waals surface area (Å²) >= 11 is 0. The highest BCUT2D eigenvalue weighted by Gasteiger charge is 2.06. The fourth-order valence-corrected chi connectivity index (χ4v) is 1.66. The molecule has 100 valence electrons. The smallest absolute Gasteiger partial charge is 0.149 e. The molecular formula is C15H24N2O. The lowest BCUT2D eigenvalue weighted by Gasteiger charge is -2.12. The van der Waals surface area contributed by atoms with Crippen LogP contribution in [-0.4, -0.2) is 6.29 Å².